The summed E-state index contributed by atoms with van der Waals surface area (Å²) in [6, 6.07) is 1.93. The molecule has 0 unspecified atom stereocenters. The second kappa shape index (κ2) is 2.80. The molecule has 13 heavy (non-hydrogen) atoms. The van der Waals surface area contributed by atoms with Crippen LogP contribution in [-0.4, -0.2) is 19.8 Å². The maximum atomic E-state index is 4.34. The van der Waals surface area contributed by atoms with Crippen LogP contribution in [0.3, 0.4) is 0 Å². The molecule has 0 saturated carbocycles. The first-order valence-corrected chi connectivity index (χ1v) is 4.41. The highest BCUT2D eigenvalue weighted by atomic mass is 15.3. The van der Waals surface area contributed by atoms with Crippen LogP contribution in [0.1, 0.15) is 24.0 Å². The second-order valence-corrected chi connectivity index (χ2v) is 3.14. The summed E-state index contributed by atoms with van der Waals surface area (Å²) in [4.78, 5) is 0. The van der Waals surface area contributed by atoms with Crippen LogP contribution >= 0.6 is 0 Å². The van der Waals surface area contributed by atoms with Gasteiger partial charge in [-0.25, -0.2) is 4.52 Å². The molecule has 0 saturated heterocycles. The summed E-state index contributed by atoms with van der Waals surface area (Å²) in [5, 5.41) is 12.5. The molecular weight excluding hydrogens is 164 g/mol. The highest BCUT2D eigenvalue weighted by Gasteiger charge is 2.06. The monoisotopic (exact) mass is 176 g/mol. The topological polar surface area (TPSA) is 43.1 Å². The largest absolute Gasteiger partial charge is 0.216 e. The average Bonchev–Trinajstić information content (AvgIpc) is 2.47. The van der Waals surface area contributed by atoms with Gasteiger partial charge in [0.05, 0.1) is 17.1 Å². The summed E-state index contributed by atoms with van der Waals surface area (Å²) in [5.41, 5.74) is 3.90. The molecule has 2 heterocycles. The fourth-order valence-corrected chi connectivity index (χ4v) is 1.44. The molecule has 4 heteroatoms. The molecule has 0 aliphatic rings. The van der Waals surface area contributed by atoms with Gasteiger partial charge in [0, 0.05) is 6.07 Å². The Kier molecular flexibility index (Phi) is 1.76. The van der Waals surface area contributed by atoms with Crippen LogP contribution in [-0.2, 0) is 6.42 Å². The summed E-state index contributed by atoms with van der Waals surface area (Å²) < 4.78 is 1.85. The van der Waals surface area contributed by atoms with Crippen LogP contribution in [0.5, 0.6) is 0 Å². The summed E-state index contributed by atoms with van der Waals surface area (Å²) in [6.07, 6.45) is 0.897. The lowest BCUT2D eigenvalue weighted by Gasteiger charge is -2.01. The minimum atomic E-state index is 0.826. The lowest BCUT2D eigenvalue weighted by molar-refractivity contribution is 0.791. The summed E-state index contributed by atoms with van der Waals surface area (Å²) >= 11 is 0. The Labute approximate surface area is 76.6 Å². The molecule has 0 bridgehead atoms. The van der Waals surface area contributed by atoms with E-state index in [1.807, 2.05) is 24.4 Å². The van der Waals surface area contributed by atoms with Crippen molar-refractivity contribution in [2.45, 2.75) is 27.2 Å². The molecule has 0 fully saturated rings. The zero-order valence-corrected chi connectivity index (χ0v) is 8.07. The van der Waals surface area contributed by atoms with Crippen molar-refractivity contribution in [3.63, 3.8) is 0 Å². The third kappa shape index (κ3) is 1.18. The number of hydrogen-bond donors (Lipinski definition) is 0. The number of hydrogen-bond acceptors (Lipinski definition) is 3. The minimum Gasteiger partial charge on any atom is -0.216 e. The first kappa shape index (κ1) is 8.16. The van der Waals surface area contributed by atoms with E-state index in [9.17, 15) is 0 Å². The lowest BCUT2D eigenvalue weighted by Crippen LogP contribution is -2.04. The van der Waals surface area contributed by atoms with Gasteiger partial charge in [-0.1, -0.05) is 6.92 Å². The maximum Gasteiger partial charge on any atom is 0.177 e. The van der Waals surface area contributed by atoms with Crippen LogP contribution in [0.4, 0.5) is 0 Å². The van der Waals surface area contributed by atoms with Gasteiger partial charge in [0.25, 0.3) is 0 Å². The third-order valence-electron chi connectivity index (χ3n) is 2.16. The van der Waals surface area contributed by atoms with Gasteiger partial charge in [0.2, 0.25) is 0 Å². The first-order chi connectivity index (χ1) is 6.22. The number of aryl methyl sites for hydroxylation is 3. The zero-order chi connectivity index (χ0) is 9.42. The van der Waals surface area contributed by atoms with E-state index in [0.29, 0.717) is 0 Å². The predicted molar refractivity (Wildman–Crippen MR) is 49.6 cm³/mol. The van der Waals surface area contributed by atoms with E-state index in [1.54, 1.807) is 0 Å². The van der Waals surface area contributed by atoms with Crippen LogP contribution in [0.2, 0.25) is 0 Å². The lowest BCUT2D eigenvalue weighted by atomic mass is 10.3. The molecular formula is C9H12N4. The molecule has 0 aromatic carbocycles. The highest BCUT2D eigenvalue weighted by Crippen LogP contribution is 2.08. The maximum absolute atomic E-state index is 4.34. The van der Waals surface area contributed by atoms with Gasteiger partial charge >= 0.3 is 0 Å². The highest BCUT2D eigenvalue weighted by molar-refractivity contribution is 5.39. The molecule has 0 atom stereocenters. The standard InChI is InChI=1S/C9H12N4/c1-4-8-7(3)13-9(11-10-8)5-6(2)12-13/h5H,4H2,1-3H3. The van der Waals surface area contributed by atoms with Crippen molar-refractivity contribution in [2.24, 2.45) is 0 Å². The summed E-state index contributed by atoms with van der Waals surface area (Å²) in [6.45, 7) is 6.05. The Morgan fingerprint density at radius 3 is 2.77 bits per heavy atom. The Bertz CT molecular complexity index is 444. The molecule has 2 aromatic heterocycles. The van der Waals surface area contributed by atoms with Gasteiger partial charge in [-0.2, -0.15) is 10.2 Å². The number of rotatable bonds is 1. The Hall–Kier alpha value is -1.45. The van der Waals surface area contributed by atoms with Crippen LogP contribution in [0, 0.1) is 13.8 Å². The van der Waals surface area contributed by atoms with E-state index in [2.05, 4.69) is 22.2 Å². The SMILES string of the molecule is CCc1nnc2cc(C)nn2c1C. The van der Waals surface area contributed by atoms with E-state index in [1.165, 1.54) is 0 Å². The van der Waals surface area contributed by atoms with Crippen LogP contribution in [0.25, 0.3) is 5.65 Å². The molecule has 0 amide bonds. The molecule has 0 aliphatic heterocycles. The van der Waals surface area contributed by atoms with E-state index < -0.39 is 0 Å². The quantitative estimate of drug-likeness (QED) is 0.657. The van der Waals surface area contributed by atoms with Crippen molar-refractivity contribution in [1.29, 1.82) is 0 Å². The van der Waals surface area contributed by atoms with Gasteiger partial charge in [-0.3, -0.25) is 0 Å². The number of fused-ring (bicyclic) bond motifs is 1. The Morgan fingerprint density at radius 2 is 2.08 bits per heavy atom. The second-order valence-electron chi connectivity index (χ2n) is 3.14. The van der Waals surface area contributed by atoms with Crippen LogP contribution < -0.4 is 0 Å². The fraction of sp³-hybridized carbons (Fsp3) is 0.444. The molecule has 0 N–H and O–H groups in total. The van der Waals surface area contributed by atoms with Gasteiger partial charge in [0.1, 0.15) is 0 Å². The zero-order valence-electron chi connectivity index (χ0n) is 8.07. The summed E-state index contributed by atoms with van der Waals surface area (Å²) in [7, 11) is 0. The van der Waals surface area contributed by atoms with Gasteiger partial charge < -0.3 is 0 Å². The smallest absolute Gasteiger partial charge is 0.177 e. The van der Waals surface area contributed by atoms with Crippen molar-refractivity contribution in [1.82, 2.24) is 19.8 Å². The molecule has 68 valence electrons. The molecule has 4 nitrogen and oxygen atoms in total. The van der Waals surface area contributed by atoms with E-state index in [0.717, 1.165) is 29.1 Å². The van der Waals surface area contributed by atoms with Crippen molar-refractivity contribution in [2.75, 3.05) is 0 Å². The average molecular weight is 176 g/mol. The van der Waals surface area contributed by atoms with Crippen molar-refractivity contribution in [3.8, 4) is 0 Å². The molecule has 0 aliphatic carbocycles. The Balaban J connectivity index is 2.78. The van der Waals surface area contributed by atoms with E-state index >= 15 is 0 Å². The first-order valence-electron chi connectivity index (χ1n) is 4.41. The number of aromatic nitrogens is 4. The molecule has 2 rings (SSSR count). The number of nitrogens with zero attached hydrogens (tertiary/aromatic N) is 4. The molecule has 2 aromatic rings. The minimum absolute atomic E-state index is 0.826. The van der Waals surface area contributed by atoms with Crippen molar-refractivity contribution in [3.05, 3.63) is 23.1 Å². The van der Waals surface area contributed by atoms with Gasteiger partial charge in [-0.15, -0.1) is 5.10 Å². The molecule has 0 spiro atoms. The summed E-state index contributed by atoms with van der Waals surface area (Å²) in [5.74, 6) is 0. The van der Waals surface area contributed by atoms with E-state index in [-0.39, 0.29) is 0 Å². The fourth-order valence-electron chi connectivity index (χ4n) is 1.44. The van der Waals surface area contributed by atoms with Gasteiger partial charge in [-0.05, 0) is 20.3 Å². The van der Waals surface area contributed by atoms with Crippen molar-refractivity contribution >= 4 is 5.65 Å². The van der Waals surface area contributed by atoms with Crippen molar-refractivity contribution < 1.29 is 0 Å². The van der Waals surface area contributed by atoms with E-state index in [4.69, 9.17) is 0 Å². The van der Waals surface area contributed by atoms with Crippen LogP contribution in [0.15, 0.2) is 6.07 Å². The third-order valence-corrected chi connectivity index (χ3v) is 2.16. The predicted octanol–water partition coefficient (Wildman–Crippen LogP) is 1.30. The Morgan fingerprint density at radius 1 is 1.31 bits per heavy atom. The van der Waals surface area contributed by atoms with Gasteiger partial charge in [0.15, 0.2) is 5.65 Å². The molecule has 0 radical (unpaired) electrons. The normalized spacial score (nSPS) is 11.0.